The van der Waals surface area contributed by atoms with Gasteiger partial charge < -0.3 is 15.4 Å². The molecule has 0 spiro atoms. The predicted molar refractivity (Wildman–Crippen MR) is 70.6 cm³/mol. The molecule has 3 N–H and O–H groups in total. The Bertz CT molecular complexity index is 709. The quantitative estimate of drug-likeness (QED) is 0.753. The monoisotopic (exact) mass is 286 g/mol. The van der Waals surface area contributed by atoms with E-state index in [1.807, 2.05) is 0 Å². The van der Waals surface area contributed by atoms with Gasteiger partial charge in [-0.3, -0.25) is 9.59 Å². The van der Waals surface area contributed by atoms with Crippen molar-refractivity contribution >= 4 is 45.7 Å². The molecule has 1 aromatic heterocycles. The summed E-state index contributed by atoms with van der Waals surface area (Å²) in [6.07, 6.45) is 0. The van der Waals surface area contributed by atoms with Gasteiger partial charge in [-0.25, -0.2) is 0 Å². The average Bonchev–Trinajstić information content (AvgIpc) is 2.26. The van der Waals surface area contributed by atoms with E-state index in [1.165, 1.54) is 19.1 Å². The minimum absolute atomic E-state index is 0.208. The van der Waals surface area contributed by atoms with Crippen LogP contribution in [0.25, 0.3) is 10.9 Å². The second-order valence-corrected chi connectivity index (χ2v) is 4.51. The average molecular weight is 287 g/mol. The zero-order valence-electron chi connectivity index (χ0n) is 9.17. The molecule has 5 nitrogen and oxygen atoms in total. The van der Waals surface area contributed by atoms with Crippen LogP contribution in [0.4, 0.5) is 5.69 Å². The molecule has 0 saturated heterocycles. The number of carbonyl (C=O) groups excluding carboxylic acids is 1. The number of halogens is 2. The molecule has 18 heavy (non-hydrogen) atoms. The zero-order chi connectivity index (χ0) is 13.4. The number of aromatic hydroxyl groups is 1. The number of aromatic amines is 1. The fraction of sp³-hybridized carbons (Fsp3) is 0.0909. The molecule has 0 aliphatic heterocycles. The van der Waals surface area contributed by atoms with Crippen molar-refractivity contribution in [1.29, 1.82) is 0 Å². The molecule has 0 atom stereocenters. The van der Waals surface area contributed by atoms with Gasteiger partial charge in [0.2, 0.25) is 5.91 Å². The van der Waals surface area contributed by atoms with Crippen molar-refractivity contribution < 1.29 is 9.90 Å². The first-order valence-corrected chi connectivity index (χ1v) is 5.67. The molecule has 94 valence electrons. The standard InChI is InChI=1S/C11H8Cl2N2O3/c1-4(16)14-9-10(17)6-2-5(12)3-7(13)8(6)15-11(9)18/h2-3H,1H3,(H,14,16)(H2,15,17,18). The molecule has 2 aromatic rings. The zero-order valence-corrected chi connectivity index (χ0v) is 10.7. The van der Waals surface area contributed by atoms with Crippen molar-refractivity contribution in [1.82, 2.24) is 4.98 Å². The number of anilines is 1. The Balaban J connectivity index is 2.85. The summed E-state index contributed by atoms with van der Waals surface area (Å²) in [6, 6.07) is 2.89. The number of hydrogen-bond acceptors (Lipinski definition) is 3. The normalized spacial score (nSPS) is 10.6. The number of aromatic nitrogens is 1. The Morgan fingerprint density at radius 3 is 2.67 bits per heavy atom. The van der Waals surface area contributed by atoms with Crippen LogP contribution in [0.5, 0.6) is 5.75 Å². The van der Waals surface area contributed by atoms with Crippen LogP contribution in [0.15, 0.2) is 16.9 Å². The minimum atomic E-state index is -0.639. The van der Waals surface area contributed by atoms with Crippen LogP contribution in [-0.2, 0) is 4.79 Å². The Labute approximate surface area is 111 Å². The number of fused-ring (bicyclic) bond motifs is 1. The highest BCUT2D eigenvalue weighted by molar-refractivity contribution is 6.38. The van der Waals surface area contributed by atoms with E-state index in [1.54, 1.807) is 0 Å². The molecular formula is C11H8Cl2N2O3. The number of H-pyrrole nitrogens is 1. The summed E-state index contributed by atoms with van der Waals surface area (Å²) in [6.45, 7) is 1.23. The number of hydrogen-bond donors (Lipinski definition) is 3. The summed E-state index contributed by atoms with van der Waals surface area (Å²) in [4.78, 5) is 25.1. The van der Waals surface area contributed by atoms with Crippen LogP contribution in [0, 0.1) is 0 Å². The maximum atomic E-state index is 11.7. The van der Waals surface area contributed by atoms with Crippen molar-refractivity contribution in [3.63, 3.8) is 0 Å². The summed E-state index contributed by atoms with van der Waals surface area (Å²) < 4.78 is 0. The molecule has 1 heterocycles. The molecule has 1 amide bonds. The van der Waals surface area contributed by atoms with Crippen molar-refractivity contribution in [2.45, 2.75) is 6.92 Å². The lowest BCUT2D eigenvalue weighted by molar-refractivity contribution is -0.114. The summed E-state index contributed by atoms with van der Waals surface area (Å²) in [5, 5.41) is 13.0. The molecule has 0 saturated carbocycles. The molecule has 0 radical (unpaired) electrons. The van der Waals surface area contributed by atoms with Crippen LogP contribution in [0.3, 0.4) is 0 Å². The van der Waals surface area contributed by atoms with Crippen LogP contribution in [0.1, 0.15) is 6.92 Å². The van der Waals surface area contributed by atoms with Gasteiger partial charge in [-0.1, -0.05) is 23.2 Å². The van der Waals surface area contributed by atoms with E-state index >= 15 is 0 Å². The van der Waals surface area contributed by atoms with Gasteiger partial charge in [0.25, 0.3) is 5.56 Å². The highest BCUT2D eigenvalue weighted by Crippen LogP contribution is 2.34. The Hall–Kier alpha value is -1.72. The van der Waals surface area contributed by atoms with Crippen LogP contribution in [-0.4, -0.2) is 16.0 Å². The first kappa shape index (κ1) is 12.7. The van der Waals surface area contributed by atoms with E-state index < -0.39 is 11.5 Å². The molecule has 0 bridgehead atoms. The third-order valence-corrected chi connectivity index (χ3v) is 2.83. The molecular weight excluding hydrogens is 279 g/mol. The van der Waals surface area contributed by atoms with Gasteiger partial charge >= 0.3 is 0 Å². The first-order chi connectivity index (χ1) is 8.40. The molecule has 0 unspecified atom stereocenters. The molecule has 1 aromatic carbocycles. The Morgan fingerprint density at radius 2 is 2.06 bits per heavy atom. The smallest absolute Gasteiger partial charge is 0.276 e. The van der Waals surface area contributed by atoms with Crippen molar-refractivity contribution in [3.8, 4) is 5.75 Å². The van der Waals surface area contributed by atoms with Crippen LogP contribution in [0.2, 0.25) is 10.0 Å². The van der Waals surface area contributed by atoms with Gasteiger partial charge in [0.15, 0.2) is 5.75 Å². The minimum Gasteiger partial charge on any atom is -0.505 e. The van der Waals surface area contributed by atoms with E-state index in [2.05, 4.69) is 10.3 Å². The third kappa shape index (κ3) is 2.14. The highest BCUT2D eigenvalue weighted by Gasteiger charge is 2.15. The van der Waals surface area contributed by atoms with Gasteiger partial charge in [0, 0.05) is 17.3 Å². The van der Waals surface area contributed by atoms with E-state index in [-0.39, 0.29) is 27.4 Å². The van der Waals surface area contributed by atoms with E-state index in [0.29, 0.717) is 5.02 Å². The summed E-state index contributed by atoms with van der Waals surface area (Å²) in [5.41, 5.74) is -0.606. The van der Waals surface area contributed by atoms with Gasteiger partial charge in [-0.2, -0.15) is 0 Å². The van der Waals surface area contributed by atoms with Gasteiger partial charge in [-0.15, -0.1) is 0 Å². The third-order valence-electron chi connectivity index (χ3n) is 2.31. The molecule has 7 heteroatoms. The largest absolute Gasteiger partial charge is 0.505 e. The first-order valence-electron chi connectivity index (χ1n) is 4.91. The number of nitrogens with one attached hydrogen (secondary N) is 2. The molecule has 2 rings (SSSR count). The van der Waals surface area contributed by atoms with Crippen LogP contribution < -0.4 is 10.9 Å². The Morgan fingerprint density at radius 1 is 1.39 bits per heavy atom. The number of pyridine rings is 1. The number of amides is 1. The van der Waals surface area contributed by atoms with E-state index in [0.717, 1.165) is 0 Å². The predicted octanol–water partition coefficient (Wildman–Crippen LogP) is 2.50. The maximum Gasteiger partial charge on any atom is 0.276 e. The van der Waals surface area contributed by atoms with Gasteiger partial charge in [-0.05, 0) is 12.1 Å². The summed E-state index contributed by atoms with van der Waals surface area (Å²) in [5.74, 6) is -0.836. The fourth-order valence-corrected chi connectivity index (χ4v) is 2.14. The second kappa shape index (κ2) is 4.51. The van der Waals surface area contributed by atoms with E-state index in [4.69, 9.17) is 23.2 Å². The summed E-state index contributed by atoms with van der Waals surface area (Å²) in [7, 11) is 0. The van der Waals surface area contributed by atoms with Crippen LogP contribution >= 0.6 is 23.2 Å². The lowest BCUT2D eigenvalue weighted by atomic mass is 10.2. The molecule has 0 aliphatic carbocycles. The summed E-state index contributed by atoms with van der Waals surface area (Å²) >= 11 is 11.7. The highest BCUT2D eigenvalue weighted by atomic mass is 35.5. The van der Waals surface area contributed by atoms with Gasteiger partial charge in [0.1, 0.15) is 5.69 Å². The lowest BCUT2D eigenvalue weighted by Gasteiger charge is -2.09. The Kier molecular flexibility index (Phi) is 3.19. The topological polar surface area (TPSA) is 82.2 Å². The second-order valence-electron chi connectivity index (χ2n) is 3.67. The van der Waals surface area contributed by atoms with Crippen molar-refractivity contribution in [2.24, 2.45) is 0 Å². The van der Waals surface area contributed by atoms with Gasteiger partial charge in [0.05, 0.1) is 10.5 Å². The molecule has 0 aliphatic rings. The number of rotatable bonds is 1. The SMILES string of the molecule is CC(=O)Nc1c(O)c2cc(Cl)cc(Cl)c2[nH]c1=O. The van der Waals surface area contributed by atoms with E-state index in [9.17, 15) is 14.7 Å². The van der Waals surface area contributed by atoms with Crippen molar-refractivity contribution in [3.05, 3.63) is 32.5 Å². The molecule has 0 fully saturated rings. The number of carbonyl (C=O) groups is 1. The van der Waals surface area contributed by atoms with Crippen molar-refractivity contribution in [2.75, 3.05) is 5.32 Å². The maximum absolute atomic E-state index is 11.7. The number of benzene rings is 1. The lowest BCUT2D eigenvalue weighted by Crippen LogP contribution is -2.17. The fourth-order valence-electron chi connectivity index (χ4n) is 1.60.